The number of rotatable bonds is 5. The van der Waals surface area contributed by atoms with Gasteiger partial charge in [-0.3, -0.25) is 0 Å². The third-order valence-corrected chi connectivity index (χ3v) is 4.07. The highest BCUT2D eigenvalue weighted by Gasteiger charge is 2.12. The normalized spacial score (nSPS) is 17.0. The van der Waals surface area contributed by atoms with Crippen molar-refractivity contribution in [1.82, 2.24) is 5.32 Å². The van der Waals surface area contributed by atoms with Crippen LogP contribution in [0.4, 0.5) is 4.39 Å². The van der Waals surface area contributed by atoms with Gasteiger partial charge in [0.25, 0.3) is 0 Å². The molecule has 0 atom stereocenters. The van der Waals surface area contributed by atoms with Crippen LogP contribution in [0.3, 0.4) is 0 Å². The van der Waals surface area contributed by atoms with Crippen LogP contribution in [0, 0.1) is 18.7 Å². The summed E-state index contributed by atoms with van der Waals surface area (Å²) < 4.78 is 13.0. The Morgan fingerprint density at radius 2 is 2.00 bits per heavy atom. The minimum absolute atomic E-state index is 0.140. The van der Waals surface area contributed by atoms with Crippen LogP contribution in [0.1, 0.15) is 49.7 Å². The highest BCUT2D eigenvalue weighted by atomic mass is 19.1. The maximum atomic E-state index is 13.0. The molecule has 1 aliphatic carbocycles. The van der Waals surface area contributed by atoms with E-state index in [1.807, 2.05) is 13.0 Å². The molecule has 1 nitrogen and oxygen atoms in total. The third-order valence-electron chi connectivity index (χ3n) is 4.07. The smallest absolute Gasteiger partial charge is 0.123 e. The Labute approximate surface area is 110 Å². The van der Waals surface area contributed by atoms with Gasteiger partial charge in [-0.1, -0.05) is 38.2 Å². The lowest BCUT2D eigenvalue weighted by molar-refractivity contribution is 0.334. The van der Waals surface area contributed by atoms with Crippen molar-refractivity contribution in [3.63, 3.8) is 0 Å². The third kappa shape index (κ3) is 4.09. The van der Waals surface area contributed by atoms with Crippen molar-refractivity contribution in [3.05, 3.63) is 35.1 Å². The largest absolute Gasteiger partial charge is 0.313 e. The quantitative estimate of drug-likeness (QED) is 0.771. The Kier molecular flexibility index (Phi) is 5.18. The molecule has 1 N–H and O–H groups in total. The second-order valence-corrected chi connectivity index (χ2v) is 5.54. The average molecular weight is 249 g/mol. The van der Waals surface area contributed by atoms with Crippen LogP contribution in [0.2, 0.25) is 0 Å². The summed E-state index contributed by atoms with van der Waals surface area (Å²) in [7, 11) is 0. The van der Waals surface area contributed by atoms with Gasteiger partial charge in [-0.05, 0) is 49.1 Å². The minimum Gasteiger partial charge on any atom is -0.313 e. The fraction of sp³-hybridized carbons (Fsp3) is 0.625. The molecule has 0 aromatic heterocycles. The molecule has 1 aromatic rings. The van der Waals surface area contributed by atoms with E-state index in [9.17, 15) is 4.39 Å². The number of hydrogen-bond donors (Lipinski definition) is 1. The first-order chi connectivity index (χ1) is 8.75. The molecule has 0 unspecified atom stereocenters. The predicted octanol–water partition coefficient (Wildman–Crippen LogP) is 4.19. The second kappa shape index (κ2) is 6.89. The van der Waals surface area contributed by atoms with Crippen molar-refractivity contribution < 1.29 is 4.39 Å². The van der Waals surface area contributed by atoms with Crippen LogP contribution in [0.25, 0.3) is 0 Å². The first kappa shape index (κ1) is 13.5. The van der Waals surface area contributed by atoms with E-state index in [4.69, 9.17) is 0 Å². The summed E-state index contributed by atoms with van der Waals surface area (Å²) >= 11 is 0. The number of halogens is 1. The van der Waals surface area contributed by atoms with Crippen molar-refractivity contribution in [2.75, 3.05) is 6.54 Å². The Hall–Kier alpha value is -0.890. The van der Waals surface area contributed by atoms with Crippen molar-refractivity contribution >= 4 is 0 Å². The van der Waals surface area contributed by atoms with Crippen LogP contribution in [0.15, 0.2) is 18.2 Å². The van der Waals surface area contributed by atoms with E-state index in [2.05, 4.69) is 5.32 Å². The van der Waals surface area contributed by atoms with Gasteiger partial charge in [0.2, 0.25) is 0 Å². The first-order valence-corrected chi connectivity index (χ1v) is 7.21. The van der Waals surface area contributed by atoms with Crippen molar-refractivity contribution in [2.24, 2.45) is 5.92 Å². The van der Waals surface area contributed by atoms with Crippen molar-refractivity contribution in [2.45, 2.75) is 52.0 Å². The van der Waals surface area contributed by atoms with Crippen LogP contribution in [0.5, 0.6) is 0 Å². The molecule has 18 heavy (non-hydrogen) atoms. The summed E-state index contributed by atoms with van der Waals surface area (Å²) in [6.07, 6.45) is 8.39. The molecule has 0 heterocycles. The van der Waals surface area contributed by atoms with Gasteiger partial charge < -0.3 is 5.32 Å². The monoisotopic (exact) mass is 249 g/mol. The van der Waals surface area contributed by atoms with Gasteiger partial charge in [-0.2, -0.15) is 0 Å². The lowest BCUT2D eigenvalue weighted by atomic mass is 9.87. The van der Waals surface area contributed by atoms with E-state index in [1.165, 1.54) is 44.1 Å². The van der Waals surface area contributed by atoms with Crippen LogP contribution >= 0.6 is 0 Å². The zero-order valence-electron chi connectivity index (χ0n) is 11.3. The summed E-state index contributed by atoms with van der Waals surface area (Å²) in [4.78, 5) is 0. The van der Waals surface area contributed by atoms with Crippen molar-refractivity contribution in [3.8, 4) is 0 Å². The van der Waals surface area contributed by atoms with Gasteiger partial charge in [-0.25, -0.2) is 4.39 Å². The number of hydrogen-bond acceptors (Lipinski definition) is 1. The van der Waals surface area contributed by atoms with Crippen LogP contribution in [-0.4, -0.2) is 6.54 Å². The van der Waals surface area contributed by atoms with E-state index in [0.29, 0.717) is 0 Å². The minimum atomic E-state index is -0.140. The van der Waals surface area contributed by atoms with Gasteiger partial charge in [0.1, 0.15) is 5.82 Å². The van der Waals surface area contributed by atoms with Gasteiger partial charge in [-0.15, -0.1) is 0 Å². The maximum Gasteiger partial charge on any atom is 0.123 e. The molecule has 0 radical (unpaired) electrons. The topological polar surface area (TPSA) is 12.0 Å². The van der Waals surface area contributed by atoms with E-state index in [1.54, 1.807) is 12.1 Å². The fourth-order valence-corrected chi connectivity index (χ4v) is 2.86. The summed E-state index contributed by atoms with van der Waals surface area (Å²) in [6, 6.07) is 5.04. The molecule has 0 aliphatic heterocycles. The molecular formula is C16H24FN. The fourth-order valence-electron chi connectivity index (χ4n) is 2.86. The molecule has 100 valence electrons. The average Bonchev–Trinajstić information content (AvgIpc) is 2.38. The molecule has 1 aromatic carbocycles. The Morgan fingerprint density at radius 3 is 2.72 bits per heavy atom. The SMILES string of the molecule is Cc1cc(F)ccc1CNCCC1CCCCC1. The highest BCUT2D eigenvalue weighted by Crippen LogP contribution is 2.25. The Bertz CT molecular complexity index is 369. The van der Waals surface area contributed by atoms with Gasteiger partial charge >= 0.3 is 0 Å². The summed E-state index contributed by atoms with van der Waals surface area (Å²) in [5, 5.41) is 3.49. The second-order valence-electron chi connectivity index (χ2n) is 5.54. The predicted molar refractivity (Wildman–Crippen MR) is 74.0 cm³/mol. The van der Waals surface area contributed by atoms with Gasteiger partial charge in [0.15, 0.2) is 0 Å². The molecule has 0 saturated heterocycles. The lowest BCUT2D eigenvalue weighted by Crippen LogP contribution is -2.19. The van der Waals surface area contributed by atoms with E-state index >= 15 is 0 Å². The summed E-state index contributed by atoms with van der Waals surface area (Å²) in [5.41, 5.74) is 2.25. The number of aryl methyl sites for hydroxylation is 1. The molecule has 2 heteroatoms. The van der Waals surface area contributed by atoms with E-state index < -0.39 is 0 Å². The Balaban J connectivity index is 1.68. The molecule has 1 saturated carbocycles. The number of benzene rings is 1. The van der Waals surface area contributed by atoms with Crippen LogP contribution in [-0.2, 0) is 6.54 Å². The molecule has 0 amide bonds. The van der Waals surface area contributed by atoms with Crippen LogP contribution < -0.4 is 5.32 Å². The highest BCUT2D eigenvalue weighted by molar-refractivity contribution is 5.26. The zero-order chi connectivity index (χ0) is 12.8. The summed E-state index contributed by atoms with van der Waals surface area (Å²) in [6.45, 7) is 3.92. The molecule has 0 spiro atoms. The number of nitrogens with one attached hydrogen (secondary N) is 1. The van der Waals surface area contributed by atoms with Gasteiger partial charge in [0, 0.05) is 6.54 Å². The zero-order valence-corrected chi connectivity index (χ0v) is 11.3. The molecule has 1 aliphatic rings. The van der Waals surface area contributed by atoms with Gasteiger partial charge in [0.05, 0.1) is 0 Å². The van der Waals surface area contributed by atoms with Crippen molar-refractivity contribution in [1.29, 1.82) is 0 Å². The maximum absolute atomic E-state index is 13.0. The molecular weight excluding hydrogens is 225 g/mol. The van der Waals surface area contributed by atoms with E-state index in [0.717, 1.165) is 24.6 Å². The first-order valence-electron chi connectivity index (χ1n) is 7.21. The Morgan fingerprint density at radius 1 is 1.22 bits per heavy atom. The lowest BCUT2D eigenvalue weighted by Gasteiger charge is -2.21. The summed E-state index contributed by atoms with van der Waals surface area (Å²) in [5.74, 6) is 0.791. The molecule has 1 fully saturated rings. The molecule has 0 bridgehead atoms. The standard InChI is InChI=1S/C16H24FN/c1-13-11-16(17)8-7-15(13)12-18-10-9-14-5-3-2-4-6-14/h7-8,11,14,18H,2-6,9-10,12H2,1H3. The molecule has 2 rings (SSSR count). The van der Waals surface area contributed by atoms with E-state index in [-0.39, 0.29) is 5.82 Å².